The van der Waals surface area contributed by atoms with E-state index in [0.717, 1.165) is 23.9 Å². The van der Waals surface area contributed by atoms with Gasteiger partial charge in [0.1, 0.15) is 0 Å². The Bertz CT molecular complexity index is 1010. The number of carbonyl (C=O) groups is 1. The van der Waals surface area contributed by atoms with Crippen LogP contribution >= 0.6 is 0 Å². The highest BCUT2D eigenvalue weighted by atomic mass is 16.2. The molecule has 0 spiro atoms. The Hall–Kier alpha value is -2.82. The first-order valence-corrected chi connectivity index (χ1v) is 8.10. The Balaban J connectivity index is 1.65. The molecule has 1 aromatic heterocycles. The van der Waals surface area contributed by atoms with E-state index < -0.39 is 0 Å². The third-order valence-corrected chi connectivity index (χ3v) is 4.97. The molecule has 122 valence electrons. The van der Waals surface area contributed by atoms with Gasteiger partial charge >= 0.3 is 5.69 Å². The molecule has 24 heavy (non-hydrogen) atoms. The van der Waals surface area contributed by atoms with Crippen LogP contribution in [0.2, 0.25) is 0 Å². The molecule has 1 N–H and O–H groups in total. The lowest BCUT2D eigenvalue weighted by Gasteiger charge is -2.14. The number of hydrogen-bond acceptors (Lipinski definition) is 2. The smallest absolute Gasteiger partial charge is 0.328 e. The maximum absolute atomic E-state index is 12.7. The number of hydrogen-bond donors (Lipinski definition) is 1. The molecule has 0 saturated heterocycles. The summed E-state index contributed by atoms with van der Waals surface area (Å²) < 4.78 is 3.15. The normalized spacial score (nSPS) is 16.3. The number of nitrogens with one attached hydrogen (secondary N) is 1. The highest BCUT2D eigenvalue weighted by molar-refractivity contribution is 5.97. The molecule has 1 aliphatic rings. The van der Waals surface area contributed by atoms with E-state index in [2.05, 4.69) is 17.4 Å². The van der Waals surface area contributed by atoms with E-state index in [0.29, 0.717) is 5.56 Å². The fraction of sp³-hybridized carbons (Fsp3) is 0.263. The van der Waals surface area contributed by atoms with Crippen LogP contribution in [0.1, 0.15) is 33.9 Å². The molecule has 0 aliphatic heterocycles. The lowest BCUT2D eigenvalue weighted by molar-refractivity contribution is 0.0937. The predicted octanol–water partition coefficient (Wildman–Crippen LogP) is 2.29. The molecular weight excluding hydrogens is 302 g/mol. The van der Waals surface area contributed by atoms with Gasteiger partial charge in [0.05, 0.1) is 17.1 Å². The van der Waals surface area contributed by atoms with Crippen LogP contribution in [0.15, 0.2) is 47.3 Å². The number of carbonyl (C=O) groups excluding carboxylic acids is 1. The minimum atomic E-state index is -0.102. The van der Waals surface area contributed by atoms with Crippen LogP contribution in [-0.2, 0) is 20.5 Å². The summed E-state index contributed by atoms with van der Waals surface area (Å²) in [4.78, 5) is 24.7. The van der Waals surface area contributed by atoms with Crippen LogP contribution in [0.25, 0.3) is 11.0 Å². The maximum Gasteiger partial charge on any atom is 0.328 e. The largest absolute Gasteiger partial charge is 0.345 e. The number of aromatic nitrogens is 2. The SMILES string of the molecule is Cn1c(=O)n(C)c2cc(C(=O)NC3CCc4ccccc43)ccc21. The van der Waals surface area contributed by atoms with Crippen molar-refractivity contribution in [1.29, 1.82) is 0 Å². The van der Waals surface area contributed by atoms with Crippen molar-refractivity contribution in [2.75, 3.05) is 0 Å². The fourth-order valence-corrected chi connectivity index (χ4v) is 3.60. The third kappa shape index (κ3) is 2.16. The average Bonchev–Trinajstić information content (AvgIpc) is 3.10. The Morgan fingerprint density at radius 1 is 1.08 bits per heavy atom. The molecule has 1 atom stereocenters. The quantitative estimate of drug-likeness (QED) is 0.787. The summed E-state index contributed by atoms with van der Waals surface area (Å²) in [5, 5.41) is 3.12. The van der Waals surface area contributed by atoms with Gasteiger partial charge in [-0.05, 0) is 42.2 Å². The predicted molar refractivity (Wildman–Crippen MR) is 93.1 cm³/mol. The molecule has 2 aromatic carbocycles. The molecule has 1 aliphatic carbocycles. The van der Waals surface area contributed by atoms with Crippen LogP contribution in [0, 0.1) is 0 Å². The zero-order valence-corrected chi connectivity index (χ0v) is 13.7. The van der Waals surface area contributed by atoms with Crippen LogP contribution in [0.5, 0.6) is 0 Å². The summed E-state index contributed by atoms with van der Waals surface area (Å²) in [5.41, 5.74) is 4.59. The Morgan fingerprint density at radius 3 is 2.67 bits per heavy atom. The van der Waals surface area contributed by atoms with Gasteiger partial charge in [-0.15, -0.1) is 0 Å². The summed E-state index contributed by atoms with van der Waals surface area (Å²) in [6, 6.07) is 13.7. The van der Waals surface area contributed by atoms with E-state index in [1.54, 1.807) is 35.4 Å². The lowest BCUT2D eigenvalue weighted by Crippen LogP contribution is -2.27. The van der Waals surface area contributed by atoms with Crippen LogP contribution in [-0.4, -0.2) is 15.0 Å². The van der Waals surface area contributed by atoms with Crippen molar-refractivity contribution in [1.82, 2.24) is 14.5 Å². The van der Waals surface area contributed by atoms with Gasteiger partial charge in [0.2, 0.25) is 0 Å². The van der Waals surface area contributed by atoms with Crippen LogP contribution in [0.3, 0.4) is 0 Å². The molecule has 0 fully saturated rings. The highest BCUT2D eigenvalue weighted by Crippen LogP contribution is 2.31. The summed E-state index contributed by atoms with van der Waals surface area (Å²) in [7, 11) is 3.46. The Morgan fingerprint density at radius 2 is 1.83 bits per heavy atom. The number of rotatable bonds is 2. The first-order chi connectivity index (χ1) is 11.6. The standard InChI is InChI=1S/C19H19N3O2/c1-21-16-10-8-13(11-17(16)22(2)19(21)24)18(23)20-15-9-7-12-5-3-4-6-14(12)15/h3-6,8,10-11,15H,7,9H2,1-2H3,(H,20,23). The van der Waals surface area contributed by atoms with Gasteiger partial charge in [-0.3, -0.25) is 13.9 Å². The number of amides is 1. The van der Waals surface area contributed by atoms with Crippen molar-refractivity contribution in [3.8, 4) is 0 Å². The number of imidazole rings is 1. The van der Waals surface area contributed by atoms with Crippen molar-refractivity contribution in [3.05, 3.63) is 69.6 Å². The van der Waals surface area contributed by atoms with E-state index in [1.807, 2.05) is 18.2 Å². The zero-order chi connectivity index (χ0) is 16.8. The van der Waals surface area contributed by atoms with Crippen LogP contribution in [0.4, 0.5) is 0 Å². The van der Waals surface area contributed by atoms with Gasteiger partial charge < -0.3 is 5.32 Å². The summed E-state index contributed by atoms with van der Waals surface area (Å²) in [5.74, 6) is -0.102. The van der Waals surface area contributed by atoms with Gasteiger partial charge in [-0.25, -0.2) is 4.79 Å². The van der Waals surface area contributed by atoms with Crippen molar-refractivity contribution >= 4 is 16.9 Å². The molecule has 1 unspecified atom stereocenters. The second kappa shape index (κ2) is 5.37. The van der Waals surface area contributed by atoms with Gasteiger partial charge in [0.25, 0.3) is 5.91 Å². The minimum Gasteiger partial charge on any atom is -0.345 e. The fourth-order valence-electron chi connectivity index (χ4n) is 3.60. The topological polar surface area (TPSA) is 56.0 Å². The third-order valence-electron chi connectivity index (χ3n) is 4.97. The molecule has 1 heterocycles. The molecular formula is C19H19N3O2. The van der Waals surface area contributed by atoms with Gasteiger partial charge in [0.15, 0.2) is 0 Å². The van der Waals surface area contributed by atoms with Crippen molar-refractivity contribution in [3.63, 3.8) is 0 Å². The first kappa shape index (κ1) is 14.8. The monoisotopic (exact) mass is 321 g/mol. The average molecular weight is 321 g/mol. The van der Waals surface area contributed by atoms with E-state index in [1.165, 1.54) is 11.1 Å². The second-order valence-corrected chi connectivity index (χ2v) is 6.37. The van der Waals surface area contributed by atoms with E-state index >= 15 is 0 Å². The van der Waals surface area contributed by atoms with Gasteiger partial charge in [-0.1, -0.05) is 24.3 Å². The van der Waals surface area contributed by atoms with E-state index in [9.17, 15) is 9.59 Å². The molecule has 0 bridgehead atoms. The molecule has 0 saturated carbocycles. The lowest BCUT2D eigenvalue weighted by atomic mass is 10.1. The Labute approximate surface area is 139 Å². The van der Waals surface area contributed by atoms with E-state index in [-0.39, 0.29) is 17.6 Å². The number of nitrogens with zero attached hydrogens (tertiary/aromatic N) is 2. The second-order valence-electron chi connectivity index (χ2n) is 6.37. The molecule has 0 radical (unpaired) electrons. The molecule has 3 aromatic rings. The van der Waals surface area contributed by atoms with Gasteiger partial charge in [-0.2, -0.15) is 0 Å². The summed E-state index contributed by atoms with van der Waals surface area (Å²) in [6.07, 6.45) is 1.92. The van der Waals surface area contributed by atoms with E-state index in [4.69, 9.17) is 0 Å². The number of aryl methyl sites for hydroxylation is 3. The first-order valence-electron chi connectivity index (χ1n) is 8.10. The molecule has 5 heteroatoms. The number of fused-ring (bicyclic) bond motifs is 2. The molecule has 1 amide bonds. The van der Waals surface area contributed by atoms with Crippen molar-refractivity contribution < 1.29 is 4.79 Å². The molecule has 5 nitrogen and oxygen atoms in total. The highest BCUT2D eigenvalue weighted by Gasteiger charge is 2.24. The maximum atomic E-state index is 12.7. The summed E-state index contributed by atoms with van der Waals surface area (Å²) in [6.45, 7) is 0. The van der Waals surface area contributed by atoms with Crippen LogP contribution < -0.4 is 11.0 Å². The Kier molecular flexibility index (Phi) is 3.30. The number of benzene rings is 2. The zero-order valence-electron chi connectivity index (χ0n) is 13.7. The minimum absolute atomic E-state index is 0.0592. The summed E-state index contributed by atoms with van der Waals surface area (Å²) >= 11 is 0. The van der Waals surface area contributed by atoms with Gasteiger partial charge in [0, 0.05) is 19.7 Å². The van der Waals surface area contributed by atoms with Crippen molar-refractivity contribution in [2.45, 2.75) is 18.9 Å². The molecule has 4 rings (SSSR count). The van der Waals surface area contributed by atoms with Crippen molar-refractivity contribution in [2.24, 2.45) is 14.1 Å².